The summed E-state index contributed by atoms with van der Waals surface area (Å²) < 4.78 is 5.18. The number of ether oxygens (including phenoxy) is 1. The number of aryl methyl sites for hydroxylation is 1. The predicted octanol–water partition coefficient (Wildman–Crippen LogP) is 4.39. The molecule has 0 amide bonds. The van der Waals surface area contributed by atoms with E-state index in [2.05, 4.69) is 4.98 Å². The lowest BCUT2D eigenvalue weighted by molar-refractivity contribution is 0.0528. The van der Waals surface area contributed by atoms with Gasteiger partial charge in [0.2, 0.25) is 0 Å². The van der Waals surface area contributed by atoms with Crippen LogP contribution in [0, 0.1) is 6.92 Å². The van der Waals surface area contributed by atoms with Crippen molar-refractivity contribution in [3.8, 4) is 11.3 Å². The standard InChI is InChI=1S/C19H17NO2/c1-3-22-19(21)16-12-18(14-10-8-13(2)9-11-14)20-17-7-5-4-6-15(16)17/h4-12H,3H2,1-2H3. The van der Waals surface area contributed by atoms with E-state index in [4.69, 9.17) is 4.74 Å². The molecule has 0 fully saturated rings. The first kappa shape index (κ1) is 14.3. The second kappa shape index (κ2) is 5.98. The number of esters is 1. The van der Waals surface area contributed by atoms with E-state index in [-0.39, 0.29) is 5.97 Å². The van der Waals surface area contributed by atoms with Gasteiger partial charge in [0.15, 0.2) is 0 Å². The largest absolute Gasteiger partial charge is 0.462 e. The number of benzene rings is 2. The van der Waals surface area contributed by atoms with Crippen LogP contribution >= 0.6 is 0 Å². The van der Waals surface area contributed by atoms with Gasteiger partial charge in [-0.25, -0.2) is 9.78 Å². The van der Waals surface area contributed by atoms with Crippen molar-refractivity contribution in [1.82, 2.24) is 4.98 Å². The topological polar surface area (TPSA) is 39.2 Å². The number of rotatable bonds is 3. The van der Waals surface area contributed by atoms with E-state index in [9.17, 15) is 4.79 Å². The first-order valence-corrected chi connectivity index (χ1v) is 7.33. The van der Waals surface area contributed by atoms with Gasteiger partial charge in [0.1, 0.15) is 0 Å². The Labute approximate surface area is 129 Å². The molecule has 3 rings (SSSR count). The average Bonchev–Trinajstić information content (AvgIpc) is 2.54. The molecule has 0 N–H and O–H groups in total. The summed E-state index contributed by atoms with van der Waals surface area (Å²) in [6.45, 7) is 4.21. The molecule has 1 heterocycles. The van der Waals surface area contributed by atoms with Gasteiger partial charge in [0.05, 0.1) is 23.4 Å². The monoisotopic (exact) mass is 291 g/mol. The second-order valence-corrected chi connectivity index (χ2v) is 5.16. The van der Waals surface area contributed by atoms with Crippen molar-refractivity contribution < 1.29 is 9.53 Å². The maximum Gasteiger partial charge on any atom is 0.338 e. The van der Waals surface area contributed by atoms with Crippen molar-refractivity contribution in [1.29, 1.82) is 0 Å². The second-order valence-electron chi connectivity index (χ2n) is 5.16. The fourth-order valence-corrected chi connectivity index (χ4v) is 2.43. The maximum atomic E-state index is 12.2. The van der Waals surface area contributed by atoms with E-state index < -0.39 is 0 Å². The minimum absolute atomic E-state index is 0.311. The molecule has 3 nitrogen and oxygen atoms in total. The smallest absolute Gasteiger partial charge is 0.338 e. The SMILES string of the molecule is CCOC(=O)c1cc(-c2ccc(C)cc2)nc2ccccc12. The Morgan fingerprint density at radius 1 is 1.09 bits per heavy atom. The first-order valence-electron chi connectivity index (χ1n) is 7.33. The number of aromatic nitrogens is 1. The number of fused-ring (bicyclic) bond motifs is 1. The van der Waals surface area contributed by atoms with E-state index >= 15 is 0 Å². The Morgan fingerprint density at radius 2 is 1.82 bits per heavy atom. The Morgan fingerprint density at radius 3 is 2.55 bits per heavy atom. The summed E-state index contributed by atoms with van der Waals surface area (Å²) in [6.07, 6.45) is 0. The van der Waals surface area contributed by atoms with Gasteiger partial charge in [-0.2, -0.15) is 0 Å². The molecule has 0 aliphatic rings. The van der Waals surface area contributed by atoms with E-state index in [1.807, 2.05) is 68.4 Å². The molecule has 0 radical (unpaired) electrons. The third-order valence-electron chi connectivity index (χ3n) is 3.56. The molecule has 3 heteroatoms. The van der Waals surface area contributed by atoms with Crippen LogP contribution in [-0.2, 0) is 4.74 Å². The summed E-state index contributed by atoms with van der Waals surface area (Å²) in [4.78, 5) is 16.9. The Kier molecular flexibility index (Phi) is 3.88. The highest BCUT2D eigenvalue weighted by molar-refractivity contribution is 6.04. The number of pyridine rings is 1. The summed E-state index contributed by atoms with van der Waals surface area (Å²) in [7, 11) is 0. The van der Waals surface area contributed by atoms with Crippen LogP contribution in [0.25, 0.3) is 22.2 Å². The number of carbonyl (C=O) groups is 1. The van der Waals surface area contributed by atoms with Crippen LogP contribution in [0.5, 0.6) is 0 Å². The fourth-order valence-electron chi connectivity index (χ4n) is 2.43. The number of carbonyl (C=O) groups excluding carboxylic acids is 1. The van der Waals surface area contributed by atoms with Gasteiger partial charge in [-0.05, 0) is 26.0 Å². The van der Waals surface area contributed by atoms with Crippen molar-refractivity contribution in [3.63, 3.8) is 0 Å². The highest BCUT2D eigenvalue weighted by atomic mass is 16.5. The van der Waals surface area contributed by atoms with Gasteiger partial charge >= 0.3 is 5.97 Å². The normalized spacial score (nSPS) is 10.6. The van der Waals surface area contributed by atoms with E-state index in [1.165, 1.54) is 5.56 Å². The first-order chi connectivity index (χ1) is 10.7. The van der Waals surface area contributed by atoms with Gasteiger partial charge in [-0.1, -0.05) is 48.0 Å². The zero-order valence-electron chi connectivity index (χ0n) is 12.7. The molecule has 2 aromatic carbocycles. The van der Waals surface area contributed by atoms with Crippen LogP contribution in [0.15, 0.2) is 54.6 Å². The van der Waals surface area contributed by atoms with Crippen LogP contribution in [0.2, 0.25) is 0 Å². The highest BCUT2D eigenvalue weighted by Gasteiger charge is 2.14. The molecule has 1 aromatic heterocycles. The van der Waals surface area contributed by atoms with Crippen LogP contribution in [0.1, 0.15) is 22.8 Å². The van der Waals surface area contributed by atoms with E-state index in [0.29, 0.717) is 12.2 Å². The minimum Gasteiger partial charge on any atom is -0.462 e. The van der Waals surface area contributed by atoms with Crippen molar-refractivity contribution in [2.24, 2.45) is 0 Å². The zero-order valence-corrected chi connectivity index (χ0v) is 12.7. The Balaban J connectivity index is 2.20. The fraction of sp³-hybridized carbons (Fsp3) is 0.158. The average molecular weight is 291 g/mol. The summed E-state index contributed by atoms with van der Waals surface area (Å²) in [5, 5.41) is 0.816. The van der Waals surface area contributed by atoms with Gasteiger partial charge in [-0.3, -0.25) is 0 Å². The van der Waals surface area contributed by atoms with Crippen molar-refractivity contribution >= 4 is 16.9 Å². The lowest BCUT2D eigenvalue weighted by atomic mass is 10.0. The third kappa shape index (κ3) is 2.70. The molecular weight excluding hydrogens is 274 g/mol. The lowest BCUT2D eigenvalue weighted by Gasteiger charge is -2.09. The van der Waals surface area contributed by atoms with Crippen LogP contribution in [0.4, 0.5) is 0 Å². The number of nitrogens with zero attached hydrogens (tertiary/aromatic N) is 1. The van der Waals surface area contributed by atoms with Gasteiger partial charge < -0.3 is 4.74 Å². The predicted molar refractivity (Wildman–Crippen MR) is 87.9 cm³/mol. The van der Waals surface area contributed by atoms with Gasteiger partial charge in [0.25, 0.3) is 0 Å². The third-order valence-corrected chi connectivity index (χ3v) is 3.56. The number of hydrogen-bond donors (Lipinski definition) is 0. The van der Waals surface area contributed by atoms with Crippen molar-refractivity contribution in [2.45, 2.75) is 13.8 Å². The number of hydrogen-bond acceptors (Lipinski definition) is 3. The molecule has 22 heavy (non-hydrogen) atoms. The van der Waals surface area contributed by atoms with E-state index in [1.54, 1.807) is 0 Å². The van der Waals surface area contributed by atoms with Gasteiger partial charge in [-0.15, -0.1) is 0 Å². The molecule has 3 aromatic rings. The molecule has 0 saturated heterocycles. The Hall–Kier alpha value is -2.68. The Bertz CT molecular complexity index is 822. The van der Waals surface area contributed by atoms with Crippen molar-refractivity contribution in [2.75, 3.05) is 6.61 Å². The molecule has 0 aliphatic carbocycles. The lowest BCUT2D eigenvalue weighted by Crippen LogP contribution is -2.06. The molecule has 0 saturated carbocycles. The minimum atomic E-state index is -0.311. The summed E-state index contributed by atoms with van der Waals surface area (Å²) in [5.41, 5.74) is 4.31. The summed E-state index contributed by atoms with van der Waals surface area (Å²) in [5.74, 6) is -0.311. The molecule has 0 atom stereocenters. The summed E-state index contributed by atoms with van der Waals surface area (Å²) in [6, 6.07) is 17.5. The van der Waals surface area contributed by atoms with Crippen LogP contribution in [0.3, 0.4) is 0 Å². The molecule has 0 aliphatic heterocycles. The molecule has 0 spiro atoms. The quantitative estimate of drug-likeness (QED) is 0.672. The maximum absolute atomic E-state index is 12.2. The molecule has 0 bridgehead atoms. The zero-order chi connectivity index (χ0) is 15.5. The van der Waals surface area contributed by atoms with Crippen LogP contribution in [-0.4, -0.2) is 17.6 Å². The van der Waals surface area contributed by atoms with E-state index in [0.717, 1.165) is 22.2 Å². The van der Waals surface area contributed by atoms with Gasteiger partial charge in [0, 0.05) is 10.9 Å². The van der Waals surface area contributed by atoms with Crippen molar-refractivity contribution in [3.05, 3.63) is 65.7 Å². The van der Waals surface area contributed by atoms with Crippen LogP contribution < -0.4 is 0 Å². The summed E-state index contributed by atoms with van der Waals surface area (Å²) >= 11 is 0. The number of para-hydroxylation sites is 1. The molecule has 110 valence electrons. The highest BCUT2D eigenvalue weighted by Crippen LogP contribution is 2.25. The molecule has 0 unspecified atom stereocenters. The molecular formula is C19H17NO2.